The molecule has 150 valence electrons. The van der Waals surface area contributed by atoms with Crippen molar-refractivity contribution in [1.29, 1.82) is 0 Å². The van der Waals surface area contributed by atoms with Gasteiger partial charge in [-0.3, -0.25) is 4.79 Å². The molecule has 2 aromatic carbocycles. The van der Waals surface area contributed by atoms with Gasteiger partial charge in [-0.15, -0.1) is 24.8 Å². The topological polar surface area (TPSA) is 50.2 Å². The highest BCUT2D eigenvalue weighted by molar-refractivity contribution is 6.30. The average molecular weight is 442 g/mol. The standard InChI is InChI=1S/C20H21ClN4O.2ClH/c1-14-23-17-7-2-3-8-18(17)25(14)13-20(26)24-10-9-22-12-19(24)15-5-4-6-16(21)11-15;;/h2-8,11,19,22H,9-10,12-13H2,1H3;2*1H. The largest absolute Gasteiger partial charge is 0.332 e. The third-order valence-electron chi connectivity index (χ3n) is 4.94. The zero-order valence-corrected chi connectivity index (χ0v) is 17.9. The number of carbonyl (C=O) groups excluding carboxylic acids is 1. The van der Waals surface area contributed by atoms with Crippen LogP contribution in [0.1, 0.15) is 17.4 Å². The van der Waals surface area contributed by atoms with Gasteiger partial charge in [-0.25, -0.2) is 4.98 Å². The zero-order valence-electron chi connectivity index (χ0n) is 15.5. The smallest absolute Gasteiger partial charge is 0.243 e. The van der Waals surface area contributed by atoms with Gasteiger partial charge in [0.05, 0.1) is 17.1 Å². The Bertz CT molecular complexity index is 960. The molecule has 28 heavy (non-hydrogen) atoms. The van der Waals surface area contributed by atoms with Gasteiger partial charge < -0.3 is 14.8 Å². The monoisotopic (exact) mass is 440 g/mol. The lowest BCUT2D eigenvalue weighted by Crippen LogP contribution is -2.49. The third-order valence-corrected chi connectivity index (χ3v) is 5.17. The summed E-state index contributed by atoms with van der Waals surface area (Å²) in [5.74, 6) is 0.955. The first-order chi connectivity index (χ1) is 12.6. The molecule has 1 unspecified atom stereocenters. The number of amides is 1. The highest BCUT2D eigenvalue weighted by Gasteiger charge is 2.28. The highest BCUT2D eigenvalue weighted by Crippen LogP contribution is 2.25. The molecule has 1 aromatic heterocycles. The second-order valence-corrected chi connectivity index (χ2v) is 7.03. The molecule has 3 aromatic rings. The molecule has 1 aliphatic rings. The molecule has 0 radical (unpaired) electrons. The summed E-state index contributed by atoms with van der Waals surface area (Å²) in [7, 11) is 0. The number of rotatable bonds is 3. The Balaban J connectivity index is 0.00000140. The minimum Gasteiger partial charge on any atom is -0.332 e. The van der Waals surface area contributed by atoms with E-state index >= 15 is 0 Å². The molecule has 1 saturated heterocycles. The lowest BCUT2D eigenvalue weighted by atomic mass is 10.0. The summed E-state index contributed by atoms with van der Waals surface area (Å²) < 4.78 is 1.99. The molecular weight excluding hydrogens is 419 g/mol. The number of hydrogen-bond donors (Lipinski definition) is 1. The van der Waals surface area contributed by atoms with Crippen molar-refractivity contribution < 1.29 is 4.79 Å². The molecule has 5 nitrogen and oxygen atoms in total. The van der Waals surface area contributed by atoms with Crippen LogP contribution >= 0.6 is 36.4 Å². The molecular formula is C20H23Cl3N4O. The normalized spacial score (nSPS) is 16.4. The van der Waals surface area contributed by atoms with Crippen LogP contribution in [0, 0.1) is 6.92 Å². The Hall–Kier alpha value is -1.79. The number of benzene rings is 2. The van der Waals surface area contributed by atoms with Crippen LogP contribution in [0.3, 0.4) is 0 Å². The molecule has 8 heteroatoms. The van der Waals surface area contributed by atoms with Crippen LogP contribution in [0.4, 0.5) is 0 Å². The van der Waals surface area contributed by atoms with E-state index in [0.29, 0.717) is 18.1 Å². The van der Waals surface area contributed by atoms with Crippen LogP contribution in [0.15, 0.2) is 48.5 Å². The quantitative estimate of drug-likeness (QED) is 0.668. The third kappa shape index (κ3) is 4.44. The maximum atomic E-state index is 13.1. The summed E-state index contributed by atoms with van der Waals surface area (Å²) in [6.45, 7) is 4.45. The second kappa shape index (κ2) is 9.61. The van der Waals surface area contributed by atoms with E-state index in [4.69, 9.17) is 11.6 Å². The Kier molecular flexibility index (Phi) is 7.72. The molecule has 1 amide bonds. The lowest BCUT2D eigenvalue weighted by molar-refractivity contribution is -0.135. The fourth-order valence-electron chi connectivity index (χ4n) is 3.64. The van der Waals surface area contributed by atoms with Crippen molar-refractivity contribution in [2.24, 2.45) is 0 Å². The van der Waals surface area contributed by atoms with Gasteiger partial charge in [0.15, 0.2) is 0 Å². The zero-order chi connectivity index (χ0) is 18.1. The Morgan fingerprint density at radius 1 is 1.21 bits per heavy atom. The number of hydrogen-bond acceptors (Lipinski definition) is 3. The molecule has 0 bridgehead atoms. The van der Waals surface area contributed by atoms with Gasteiger partial charge in [0, 0.05) is 24.7 Å². The van der Waals surface area contributed by atoms with Crippen LogP contribution in [-0.2, 0) is 11.3 Å². The first-order valence-corrected chi connectivity index (χ1v) is 9.19. The Morgan fingerprint density at radius 3 is 2.79 bits per heavy atom. The minimum absolute atomic E-state index is 0. The van der Waals surface area contributed by atoms with Gasteiger partial charge in [0.1, 0.15) is 12.4 Å². The van der Waals surface area contributed by atoms with Crippen molar-refractivity contribution in [1.82, 2.24) is 19.8 Å². The highest BCUT2D eigenvalue weighted by atomic mass is 35.5. The number of fused-ring (bicyclic) bond motifs is 1. The van der Waals surface area contributed by atoms with Crippen molar-refractivity contribution in [3.63, 3.8) is 0 Å². The maximum Gasteiger partial charge on any atom is 0.243 e. The van der Waals surface area contributed by atoms with Gasteiger partial charge >= 0.3 is 0 Å². The van der Waals surface area contributed by atoms with Crippen molar-refractivity contribution in [3.8, 4) is 0 Å². The predicted octanol–water partition coefficient (Wildman–Crippen LogP) is 4.01. The molecule has 1 aliphatic heterocycles. The summed E-state index contributed by atoms with van der Waals surface area (Å²) in [4.78, 5) is 19.7. The number of halogens is 3. The van der Waals surface area contributed by atoms with E-state index in [0.717, 1.165) is 35.5 Å². The molecule has 0 spiro atoms. The molecule has 1 fully saturated rings. The lowest BCUT2D eigenvalue weighted by Gasteiger charge is -2.37. The fourth-order valence-corrected chi connectivity index (χ4v) is 3.83. The Morgan fingerprint density at radius 2 is 2.00 bits per heavy atom. The summed E-state index contributed by atoms with van der Waals surface area (Å²) in [6, 6.07) is 15.7. The number of nitrogens with zero attached hydrogens (tertiary/aromatic N) is 3. The first kappa shape index (κ1) is 22.5. The number of aromatic nitrogens is 2. The molecule has 0 saturated carbocycles. The fraction of sp³-hybridized carbons (Fsp3) is 0.300. The second-order valence-electron chi connectivity index (χ2n) is 6.60. The summed E-state index contributed by atoms with van der Waals surface area (Å²) >= 11 is 6.16. The van der Waals surface area contributed by atoms with Crippen molar-refractivity contribution in [2.45, 2.75) is 19.5 Å². The molecule has 1 atom stereocenters. The maximum absolute atomic E-state index is 13.1. The minimum atomic E-state index is -0.00922. The SMILES string of the molecule is Cc1nc2ccccc2n1CC(=O)N1CCNCC1c1cccc(Cl)c1.Cl.Cl. The summed E-state index contributed by atoms with van der Waals surface area (Å²) in [5.41, 5.74) is 2.97. The average Bonchev–Trinajstić information content (AvgIpc) is 2.97. The van der Waals surface area contributed by atoms with Crippen LogP contribution in [0.5, 0.6) is 0 Å². The van der Waals surface area contributed by atoms with Crippen LogP contribution in [0.2, 0.25) is 5.02 Å². The Labute approximate surface area is 181 Å². The predicted molar refractivity (Wildman–Crippen MR) is 118 cm³/mol. The van der Waals surface area contributed by atoms with Gasteiger partial charge in [-0.2, -0.15) is 0 Å². The van der Waals surface area contributed by atoms with Gasteiger partial charge in [-0.1, -0.05) is 35.9 Å². The van der Waals surface area contributed by atoms with E-state index in [9.17, 15) is 4.79 Å². The molecule has 4 rings (SSSR count). The van der Waals surface area contributed by atoms with E-state index in [1.807, 2.05) is 64.9 Å². The van der Waals surface area contributed by atoms with Gasteiger partial charge in [0.25, 0.3) is 0 Å². The number of piperazine rings is 1. The van der Waals surface area contributed by atoms with E-state index in [-0.39, 0.29) is 36.8 Å². The van der Waals surface area contributed by atoms with Crippen molar-refractivity contribution in [3.05, 3.63) is 64.9 Å². The number of aryl methyl sites for hydroxylation is 1. The van der Waals surface area contributed by atoms with E-state index in [2.05, 4.69) is 10.3 Å². The number of imidazole rings is 1. The van der Waals surface area contributed by atoms with E-state index in [1.54, 1.807) is 0 Å². The van der Waals surface area contributed by atoms with Crippen LogP contribution in [-0.4, -0.2) is 40.0 Å². The van der Waals surface area contributed by atoms with E-state index in [1.165, 1.54) is 0 Å². The van der Waals surface area contributed by atoms with Crippen LogP contribution < -0.4 is 5.32 Å². The van der Waals surface area contributed by atoms with Crippen molar-refractivity contribution >= 4 is 53.4 Å². The number of nitrogens with one attached hydrogen (secondary N) is 1. The van der Waals surface area contributed by atoms with Gasteiger partial charge in [0.2, 0.25) is 5.91 Å². The van der Waals surface area contributed by atoms with Gasteiger partial charge in [-0.05, 0) is 36.8 Å². The first-order valence-electron chi connectivity index (χ1n) is 8.81. The molecule has 1 N–H and O–H groups in total. The van der Waals surface area contributed by atoms with Crippen molar-refractivity contribution in [2.75, 3.05) is 19.6 Å². The summed E-state index contributed by atoms with van der Waals surface area (Å²) in [6.07, 6.45) is 0. The molecule has 2 heterocycles. The number of carbonyl (C=O) groups is 1. The summed E-state index contributed by atoms with van der Waals surface area (Å²) in [5, 5.41) is 4.07. The van der Waals surface area contributed by atoms with E-state index < -0.39 is 0 Å². The molecule has 0 aliphatic carbocycles. The number of para-hydroxylation sites is 2. The van der Waals surface area contributed by atoms with Crippen LogP contribution in [0.25, 0.3) is 11.0 Å².